The molecule has 1 amide bonds. The summed E-state index contributed by atoms with van der Waals surface area (Å²) >= 11 is 0. The number of rotatable bonds is 5. The predicted octanol–water partition coefficient (Wildman–Crippen LogP) is 1.77. The van der Waals surface area contributed by atoms with Gasteiger partial charge < -0.3 is 24.3 Å². The van der Waals surface area contributed by atoms with Gasteiger partial charge in [-0.3, -0.25) is 4.79 Å². The molecular weight excluding hydrogens is 396 g/mol. The summed E-state index contributed by atoms with van der Waals surface area (Å²) in [6.45, 7) is 5.75. The average Bonchev–Trinajstić information content (AvgIpc) is 3.40. The van der Waals surface area contributed by atoms with Crippen LogP contribution >= 0.6 is 0 Å². The fraction of sp³-hybridized carbons (Fsp3) is 0.455. The number of ether oxygens (including phenoxy) is 2. The maximum absolute atomic E-state index is 11.6. The van der Waals surface area contributed by atoms with E-state index in [0.29, 0.717) is 18.8 Å². The highest BCUT2D eigenvalue weighted by Crippen LogP contribution is 2.31. The highest BCUT2D eigenvalue weighted by atomic mass is 16.5. The van der Waals surface area contributed by atoms with Crippen molar-refractivity contribution < 1.29 is 14.3 Å². The minimum absolute atomic E-state index is 0.0688. The van der Waals surface area contributed by atoms with Crippen LogP contribution < -0.4 is 15.0 Å². The smallest absolute Gasteiger partial charge is 0.241 e. The van der Waals surface area contributed by atoms with Crippen molar-refractivity contribution in [1.29, 1.82) is 0 Å². The van der Waals surface area contributed by atoms with Gasteiger partial charge in [0.15, 0.2) is 0 Å². The summed E-state index contributed by atoms with van der Waals surface area (Å²) in [4.78, 5) is 27.8. The van der Waals surface area contributed by atoms with Crippen molar-refractivity contribution in [3.8, 4) is 17.1 Å². The van der Waals surface area contributed by atoms with Crippen LogP contribution in [0.1, 0.15) is 13.3 Å². The number of amides is 1. The van der Waals surface area contributed by atoms with Crippen molar-refractivity contribution in [3.63, 3.8) is 0 Å². The lowest BCUT2D eigenvalue weighted by atomic mass is 10.0. The van der Waals surface area contributed by atoms with E-state index in [1.807, 2.05) is 42.9 Å². The number of aryl methyl sites for hydroxylation is 1. The molecule has 3 aromatic rings. The van der Waals surface area contributed by atoms with E-state index in [0.717, 1.165) is 54.4 Å². The summed E-state index contributed by atoms with van der Waals surface area (Å²) in [5.74, 6) is 1.65. The number of carbonyl (C=O) groups excluding carboxylic acids is 1. The first-order valence-electron chi connectivity index (χ1n) is 10.6. The third-order valence-electron chi connectivity index (χ3n) is 6.01. The molecule has 2 fully saturated rings. The minimum Gasteiger partial charge on any atom is -0.473 e. The molecule has 0 radical (unpaired) electrons. The summed E-state index contributed by atoms with van der Waals surface area (Å²) in [7, 11) is 1.92. The molecule has 9 nitrogen and oxygen atoms in total. The van der Waals surface area contributed by atoms with Gasteiger partial charge in [0.2, 0.25) is 11.8 Å². The lowest BCUT2D eigenvalue weighted by molar-refractivity contribution is -0.119. The van der Waals surface area contributed by atoms with Crippen LogP contribution in [0.15, 0.2) is 30.7 Å². The average molecular weight is 422 g/mol. The molecule has 0 spiro atoms. The zero-order valence-electron chi connectivity index (χ0n) is 17.7. The molecule has 0 aliphatic carbocycles. The molecule has 0 unspecified atom stereocenters. The van der Waals surface area contributed by atoms with Crippen LogP contribution in [0.3, 0.4) is 0 Å². The second-order valence-corrected chi connectivity index (χ2v) is 8.13. The molecule has 3 aromatic heterocycles. The molecule has 2 aliphatic rings. The van der Waals surface area contributed by atoms with E-state index >= 15 is 0 Å². The first-order valence-corrected chi connectivity index (χ1v) is 10.6. The third-order valence-corrected chi connectivity index (χ3v) is 6.01. The molecular formula is C22H26N6O3. The van der Waals surface area contributed by atoms with Gasteiger partial charge in [-0.05, 0) is 25.1 Å². The summed E-state index contributed by atoms with van der Waals surface area (Å²) < 4.78 is 13.6. The van der Waals surface area contributed by atoms with E-state index in [1.54, 1.807) is 6.33 Å². The number of pyridine rings is 2. The Morgan fingerprint density at radius 3 is 2.81 bits per heavy atom. The molecule has 5 heterocycles. The van der Waals surface area contributed by atoms with Crippen molar-refractivity contribution in [3.05, 3.63) is 30.7 Å². The molecule has 31 heavy (non-hydrogen) atoms. The van der Waals surface area contributed by atoms with Crippen LogP contribution in [-0.4, -0.2) is 64.4 Å². The molecule has 5 rings (SSSR count). The Kier molecular flexibility index (Phi) is 5.19. The Balaban J connectivity index is 1.44. The standard InChI is InChI=1S/C22H26N6O3/c1-14(16-9-20(29)24-12-16)31-22-21-18(25-13-27(21)2)10-17(26-22)15-3-4-19(23-11-15)28-5-7-30-8-6-28/h3-4,10-11,13-14,16H,5-9,12H2,1-2H3,(H,24,29)/t14-,16-/m1/s1. The fourth-order valence-electron chi connectivity index (χ4n) is 4.12. The first-order chi connectivity index (χ1) is 15.1. The number of morpholine rings is 1. The van der Waals surface area contributed by atoms with Gasteiger partial charge in [0.05, 0.1) is 30.8 Å². The van der Waals surface area contributed by atoms with Crippen molar-refractivity contribution in [1.82, 2.24) is 24.8 Å². The topological polar surface area (TPSA) is 94.4 Å². The zero-order valence-corrected chi connectivity index (χ0v) is 17.7. The lowest BCUT2D eigenvalue weighted by Crippen LogP contribution is -2.36. The van der Waals surface area contributed by atoms with E-state index in [4.69, 9.17) is 14.5 Å². The highest BCUT2D eigenvalue weighted by molar-refractivity contribution is 5.84. The number of carbonyl (C=O) groups is 1. The Labute approximate surface area is 180 Å². The van der Waals surface area contributed by atoms with Crippen LogP contribution in [0, 0.1) is 5.92 Å². The first kappa shape index (κ1) is 19.7. The number of fused-ring (bicyclic) bond motifs is 1. The minimum atomic E-state index is -0.151. The van der Waals surface area contributed by atoms with Crippen LogP contribution in [0.5, 0.6) is 5.88 Å². The number of hydrogen-bond acceptors (Lipinski definition) is 7. The molecule has 2 aliphatic heterocycles. The largest absolute Gasteiger partial charge is 0.473 e. The van der Waals surface area contributed by atoms with Gasteiger partial charge in [0, 0.05) is 50.8 Å². The second kappa shape index (κ2) is 8.14. The Morgan fingerprint density at radius 2 is 2.10 bits per heavy atom. The number of imidazole rings is 1. The Morgan fingerprint density at radius 1 is 1.26 bits per heavy atom. The van der Waals surface area contributed by atoms with Crippen LogP contribution in [0.2, 0.25) is 0 Å². The van der Waals surface area contributed by atoms with Gasteiger partial charge in [0.1, 0.15) is 17.4 Å². The van der Waals surface area contributed by atoms with Gasteiger partial charge in [-0.2, -0.15) is 0 Å². The molecule has 162 valence electrons. The van der Waals surface area contributed by atoms with Gasteiger partial charge in [-0.15, -0.1) is 0 Å². The molecule has 9 heteroatoms. The zero-order chi connectivity index (χ0) is 21.4. The summed E-state index contributed by atoms with van der Waals surface area (Å²) in [6, 6.07) is 6.00. The van der Waals surface area contributed by atoms with Crippen molar-refractivity contribution in [2.75, 3.05) is 37.7 Å². The molecule has 1 N–H and O–H groups in total. The van der Waals surface area contributed by atoms with Crippen LogP contribution in [0.25, 0.3) is 22.3 Å². The number of nitrogens with one attached hydrogen (secondary N) is 1. The maximum atomic E-state index is 11.6. The van der Waals surface area contributed by atoms with Crippen molar-refractivity contribution >= 4 is 22.8 Å². The third kappa shape index (κ3) is 3.93. The normalized spacial score (nSPS) is 20.1. The SMILES string of the molecule is C[C@@H](Oc1nc(-c2ccc(N3CCOCC3)nc2)cc2ncn(C)c12)[C@H]1CNC(=O)C1. The van der Waals surface area contributed by atoms with E-state index in [1.165, 1.54) is 0 Å². The maximum Gasteiger partial charge on any atom is 0.241 e. The van der Waals surface area contributed by atoms with Crippen molar-refractivity contribution in [2.45, 2.75) is 19.4 Å². The molecule has 2 saturated heterocycles. The molecule has 0 saturated carbocycles. The van der Waals surface area contributed by atoms with E-state index in [2.05, 4.69) is 20.2 Å². The summed E-state index contributed by atoms with van der Waals surface area (Å²) in [5, 5.41) is 2.87. The predicted molar refractivity (Wildman–Crippen MR) is 116 cm³/mol. The van der Waals surface area contributed by atoms with Gasteiger partial charge in [-0.25, -0.2) is 15.0 Å². The molecule has 0 bridgehead atoms. The second-order valence-electron chi connectivity index (χ2n) is 8.13. The van der Waals surface area contributed by atoms with E-state index in [-0.39, 0.29) is 17.9 Å². The monoisotopic (exact) mass is 422 g/mol. The Hall–Kier alpha value is -3.20. The quantitative estimate of drug-likeness (QED) is 0.670. The molecule has 2 atom stereocenters. The summed E-state index contributed by atoms with van der Waals surface area (Å²) in [5.41, 5.74) is 3.31. The van der Waals surface area contributed by atoms with Gasteiger partial charge in [-0.1, -0.05) is 0 Å². The number of aromatic nitrogens is 4. The fourth-order valence-corrected chi connectivity index (χ4v) is 4.12. The van der Waals surface area contributed by atoms with E-state index in [9.17, 15) is 4.79 Å². The van der Waals surface area contributed by atoms with Crippen LogP contribution in [0.4, 0.5) is 5.82 Å². The van der Waals surface area contributed by atoms with Crippen molar-refractivity contribution in [2.24, 2.45) is 13.0 Å². The van der Waals surface area contributed by atoms with Crippen LogP contribution in [-0.2, 0) is 16.6 Å². The van der Waals surface area contributed by atoms with Gasteiger partial charge in [0.25, 0.3) is 0 Å². The summed E-state index contributed by atoms with van der Waals surface area (Å²) in [6.07, 6.45) is 3.92. The lowest BCUT2D eigenvalue weighted by Gasteiger charge is -2.27. The Bertz CT molecular complexity index is 1090. The number of nitrogens with zero attached hydrogens (tertiary/aromatic N) is 5. The van der Waals surface area contributed by atoms with E-state index < -0.39 is 0 Å². The highest BCUT2D eigenvalue weighted by Gasteiger charge is 2.29. The number of anilines is 1. The number of hydrogen-bond donors (Lipinski definition) is 1. The van der Waals surface area contributed by atoms with Gasteiger partial charge >= 0.3 is 0 Å². The molecule has 0 aromatic carbocycles.